The van der Waals surface area contributed by atoms with Gasteiger partial charge >= 0.3 is 0 Å². The number of amides is 1. The number of Topliss-reactive ketones (excluding diaryl/α,β-unsaturated/α-hetero) is 1. The van der Waals surface area contributed by atoms with Gasteiger partial charge in [0.2, 0.25) is 0 Å². The van der Waals surface area contributed by atoms with Gasteiger partial charge in [0.05, 0.1) is 0 Å². The lowest BCUT2D eigenvalue weighted by Gasteiger charge is -2.11. The number of anilines is 1. The number of hydrogen-bond donors (Lipinski definition) is 1. The van der Waals surface area contributed by atoms with Gasteiger partial charge in [-0.25, -0.2) is 0 Å². The van der Waals surface area contributed by atoms with Gasteiger partial charge in [-0.2, -0.15) is 0 Å². The van der Waals surface area contributed by atoms with E-state index in [1.54, 1.807) is 24.3 Å². The molecule has 0 aliphatic rings. The molecule has 0 aromatic heterocycles. The Kier molecular flexibility index (Phi) is 6.13. The molecule has 0 aliphatic heterocycles. The lowest BCUT2D eigenvalue weighted by atomic mass is 9.99. The van der Waals surface area contributed by atoms with E-state index in [2.05, 4.69) is 19.2 Å². The number of hydrogen-bond acceptors (Lipinski definition) is 3. The number of benzene rings is 2. The van der Waals surface area contributed by atoms with E-state index in [9.17, 15) is 9.59 Å². The summed E-state index contributed by atoms with van der Waals surface area (Å²) in [7, 11) is 0. The monoisotopic (exact) mass is 325 g/mol. The first kappa shape index (κ1) is 17.7. The van der Waals surface area contributed by atoms with Crippen molar-refractivity contribution in [3.8, 4) is 5.75 Å². The third-order valence-corrected chi connectivity index (χ3v) is 3.98. The van der Waals surface area contributed by atoms with Gasteiger partial charge in [0.15, 0.2) is 12.4 Å². The number of carbonyl (C=O) groups is 2. The van der Waals surface area contributed by atoms with Crippen molar-refractivity contribution in [1.29, 1.82) is 0 Å². The lowest BCUT2D eigenvalue weighted by molar-refractivity contribution is -0.118. The maximum absolute atomic E-state index is 12.0. The fourth-order valence-electron chi connectivity index (χ4n) is 2.29. The summed E-state index contributed by atoms with van der Waals surface area (Å²) in [6.07, 6.45) is 1.09. The van der Waals surface area contributed by atoms with E-state index in [4.69, 9.17) is 4.74 Å². The molecule has 2 aromatic carbocycles. The summed E-state index contributed by atoms with van der Waals surface area (Å²) in [4.78, 5) is 23.3. The van der Waals surface area contributed by atoms with Crippen LogP contribution < -0.4 is 10.1 Å². The summed E-state index contributed by atoms with van der Waals surface area (Å²) >= 11 is 0. The number of carbonyl (C=O) groups excluding carboxylic acids is 2. The van der Waals surface area contributed by atoms with Crippen LogP contribution in [0.25, 0.3) is 0 Å². The highest BCUT2D eigenvalue weighted by Crippen LogP contribution is 2.21. The number of rotatable bonds is 7. The van der Waals surface area contributed by atoms with E-state index >= 15 is 0 Å². The van der Waals surface area contributed by atoms with Gasteiger partial charge in [-0.1, -0.05) is 38.1 Å². The Labute approximate surface area is 142 Å². The van der Waals surface area contributed by atoms with Crippen LogP contribution in [0.2, 0.25) is 0 Å². The molecule has 1 amide bonds. The summed E-state index contributed by atoms with van der Waals surface area (Å²) in [5, 5.41) is 2.73. The minimum absolute atomic E-state index is 0.0382. The van der Waals surface area contributed by atoms with Gasteiger partial charge in [0.25, 0.3) is 5.91 Å². The highest BCUT2D eigenvalue weighted by molar-refractivity contribution is 5.97. The highest BCUT2D eigenvalue weighted by Gasteiger charge is 2.07. The predicted octanol–water partition coefficient (Wildman–Crippen LogP) is 4.42. The Bertz CT molecular complexity index is 707. The van der Waals surface area contributed by atoms with Crippen LogP contribution in [0.1, 0.15) is 49.0 Å². The zero-order valence-corrected chi connectivity index (χ0v) is 14.3. The molecule has 0 saturated heterocycles. The largest absolute Gasteiger partial charge is 0.484 e. The van der Waals surface area contributed by atoms with Crippen molar-refractivity contribution in [3.63, 3.8) is 0 Å². The smallest absolute Gasteiger partial charge is 0.262 e. The molecule has 0 spiro atoms. The molecule has 1 unspecified atom stereocenters. The third-order valence-electron chi connectivity index (χ3n) is 3.98. The molecule has 0 fully saturated rings. The minimum atomic E-state index is -0.262. The predicted molar refractivity (Wildman–Crippen MR) is 95.7 cm³/mol. The molecule has 0 heterocycles. The molecule has 126 valence electrons. The second kappa shape index (κ2) is 8.29. The van der Waals surface area contributed by atoms with E-state index in [1.807, 2.05) is 24.3 Å². The normalized spacial score (nSPS) is 11.6. The van der Waals surface area contributed by atoms with Crippen LogP contribution in [0.15, 0.2) is 48.5 Å². The molecule has 0 saturated carbocycles. The number of ketones is 1. The van der Waals surface area contributed by atoms with E-state index in [1.165, 1.54) is 12.5 Å². The van der Waals surface area contributed by atoms with Gasteiger partial charge in [0.1, 0.15) is 5.75 Å². The van der Waals surface area contributed by atoms with Crippen molar-refractivity contribution in [1.82, 2.24) is 0 Å². The molecule has 0 radical (unpaired) electrons. The SMILES string of the molecule is CCC(C)c1ccc(OCC(=O)Nc2cccc(C(C)=O)c2)cc1. The molecule has 0 bridgehead atoms. The first-order valence-electron chi connectivity index (χ1n) is 8.13. The standard InChI is InChI=1S/C20H23NO3/c1-4-14(2)16-8-10-19(11-9-16)24-13-20(23)21-18-7-5-6-17(12-18)15(3)22/h5-12,14H,4,13H2,1-3H3,(H,21,23). The molecule has 2 rings (SSSR count). The molecule has 24 heavy (non-hydrogen) atoms. The average molecular weight is 325 g/mol. The average Bonchev–Trinajstić information content (AvgIpc) is 2.60. The van der Waals surface area contributed by atoms with Crippen LogP contribution in [-0.2, 0) is 4.79 Å². The molecule has 4 heteroatoms. The second-order valence-corrected chi connectivity index (χ2v) is 5.85. The fourth-order valence-corrected chi connectivity index (χ4v) is 2.29. The Balaban J connectivity index is 1.89. The van der Waals surface area contributed by atoms with Crippen molar-refractivity contribution in [2.45, 2.75) is 33.1 Å². The van der Waals surface area contributed by atoms with Crippen LogP contribution in [0, 0.1) is 0 Å². The highest BCUT2D eigenvalue weighted by atomic mass is 16.5. The summed E-state index contributed by atoms with van der Waals surface area (Å²) in [6, 6.07) is 14.7. The third kappa shape index (κ3) is 4.95. The summed E-state index contributed by atoms with van der Waals surface area (Å²) in [6.45, 7) is 5.75. The fraction of sp³-hybridized carbons (Fsp3) is 0.300. The van der Waals surface area contributed by atoms with E-state index < -0.39 is 0 Å². The van der Waals surface area contributed by atoms with Gasteiger partial charge in [0, 0.05) is 11.3 Å². The Morgan fingerprint density at radius 3 is 2.46 bits per heavy atom. The Hall–Kier alpha value is -2.62. The first-order valence-corrected chi connectivity index (χ1v) is 8.13. The van der Waals surface area contributed by atoms with E-state index in [0.717, 1.165) is 6.42 Å². The van der Waals surface area contributed by atoms with E-state index in [0.29, 0.717) is 22.9 Å². The van der Waals surface area contributed by atoms with Crippen LogP contribution in [0.5, 0.6) is 5.75 Å². The molecule has 4 nitrogen and oxygen atoms in total. The maximum atomic E-state index is 12.0. The van der Waals surface area contributed by atoms with Gasteiger partial charge in [-0.3, -0.25) is 9.59 Å². The molecular formula is C20H23NO3. The van der Waals surface area contributed by atoms with Crippen molar-refractivity contribution in [2.24, 2.45) is 0 Å². The van der Waals surface area contributed by atoms with Crippen molar-refractivity contribution in [3.05, 3.63) is 59.7 Å². The van der Waals surface area contributed by atoms with Gasteiger partial charge in [-0.15, -0.1) is 0 Å². The Morgan fingerprint density at radius 1 is 1.12 bits per heavy atom. The molecule has 1 N–H and O–H groups in total. The minimum Gasteiger partial charge on any atom is -0.484 e. The zero-order valence-electron chi connectivity index (χ0n) is 14.3. The maximum Gasteiger partial charge on any atom is 0.262 e. The summed E-state index contributed by atoms with van der Waals surface area (Å²) < 4.78 is 5.51. The molecule has 0 aliphatic carbocycles. The van der Waals surface area contributed by atoms with Crippen LogP contribution in [0.4, 0.5) is 5.69 Å². The van der Waals surface area contributed by atoms with Crippen LogP contribution in [0.3, 0.4) is 0 Å². The van der Waals surface area contributed by atoms with Crippen LogP contribution >= 0.6 is 0 Å². The number of nitrogens with one attached hydrogen (secondary N) is 1. The van der Waals surface area contributed by atoms with Crippen molar-refractivity contribution in [2.75, 3.05) is 11.9 Å². The van der Waals surface area contributed by atoms with Gasteiger partial charge in [-0.05, 0) is 49.1 Å². The van der Waals surface area contributed by atoms with Crippen molar-refractivity contribution < 1.29 is 14.3 Å². The molecule has 1 atom stereocenters. The summed E-state index contributed by atoms with van der Waals surface area (Å²) in [5.41, 5.74) is 2.41. The summed E-state index contributed by atoms with van der Waals surface area (Å²) in [5.74, 6) is 0.871. The number of ether oxygens (including phenoxy) is 1. The molecule has 2 aromatic rings. The first-order chi connectivity index (χ1) is 11.5. The molecular weight excluding hydrogens is 302 g/mol. The second-order valence-electron chi connectivity index (χ2n) is 5.85. The van der Waals surface area contributed by atoms with Crippen LogP contribution in [-0.4, -0.2) is 18.3 Å². The lowest BCUT2D eigenvalue weighted by Crippen LogP contribution is -2.20. The van der Waals surface area contributed by atoms with Crippen molar-refractivity contribution >= 4 is 17.4 Å². The van der Waals surface area contributed by atoms with E-state index in [-0.39, 0.29) is 18.3 Å². The quantitative estimate of drug-likeness (QED) is 0.767. The zero-order chi connectivity index (χ0) is 17.5. The Morgan fingerprint density at radius 2 is 1.83 bits per heavy atom. The topological polar surface area (TPSA) is 55.4 Å². The van der Waals surface area contributed by atoms with Gasteiger partial charge < -0.3 is 10.1 Å².